The molecule has 0 atom stereocenters. The lowest BCUT2D eigenvalue weighted by atomic mass is 9.98. The van der Waals surface area contributed by atoms with Crippen LogP contribution < -0.4 is 5.32 Å². The third-order valence-electron chi connectivity index (χ3n) is 5.44. The molecule has 1 amide bonds. The molecule has 0 aromatic heterocycles. The number of thioether (sulfide) groups is 1. The summed E-state index contributed by atoms with van der Waals surface area (Å²) in [6, 6.07) is 16.3. The van der Waals surface area contributed by atoms with Crippen molar-refractivity contribution >= 4 is 59.5 Å². The number of amides is 1. The van der Waals surface area contributed by atoms with Crippen LogP contribution in [0.15, 0.2) is 48.5 Å². The summed E-state index contributed by atoms with van der Waals surface area (Å²) in [7, 11) is 3.98. The molecule has 188 valence electrons. The number of carbonyl (C=O) groups is 3. The Balaban J connectivity index is 1.43. The SMILES string of the molecule is CC(C)(C)C(=O)SCCSSSC(=O)C(C)(C)NC(=O)OCC1c2ccccc2-c2ccccc21. The molecule has 0 saturated heterocycles. The molecule has 0 saturated carbocycles. The maximum atomic E-state index is 12.7. The smallest absolute Gasteiger partial charge is 0.407 e. The molecule has 5 nitrogen and oxygen atoms in total. The second kappa shape index (κ2) is 12.1. The molecule has 0 bridgehead atoms. The summed E-state index contributed by atoms with van der Waals surface area (Å²) in [5, 5.41) is 2.71. The van der Waals surface area contributed by atoms with Gasteiger partial charge in [0.2, 0.25) is 5.12 Å². The van der Waals surface area contributed by atoms with Gasteiger partial charge in [0.05, 0.1) is 0 Å². The van der Waals surface area contributed by atoms with Crippen LogP contribution in [-0.4, -0.2) is 40.0 Å². The number of rotatable bonds is 9. The van der Waals surface area contributed by atoms with Crippen molar-refractivity contribution in [3.8, 4) is 11.1 Å². The molecule has 2 aromatic carbocycles. The third-order valence-corrected chi connectivity index (χ3v) is 11.1. The zero-order valence-corrected chi connectivity index (χ0v) is 23.8. The highest BCUT2D eigenvalue weighted by atomic mass is 33.5. The molecule has 1 N–H and O–H groups in total. The van der Waals surface area contributed by atoms with E-state index in [9.17, 15) is 14.4 Å². The Morgan fingerprint density at radius 3 is 2.00 bits per heavy atom. The minimum absolute atomic E-state index is 0.0312. The predicted octanol–water partition coefficient (Wildman–Crippen LogP) is 7.17. The fraction of sp³-hybridized carbons (Fsp3) is 0.423. The lowest BCUT2D eigenvalue weighted by Crippen LogP contribution is -2.48. The van der Waals surface area contributed by atoms with Gasteiger partial charge < -0.3 is 10.1 Å². The van der Waals surface area contributed by atoms with E-state index in [1.807, 2.05) is 45.0 Å². The van der Waals surface area contributed by atoms with Gasteiger partial charge in [-0.05, 0) is 56.7 Å². The summed E-state index contributed by atoms with van der Waals surface area (Å²) < 4.78 is 5.57. The molecular weight excluding hydrogens is 519 g/mol. The number of benzene rings is 2. The molecule has 0 unspecified atom stereocenters. The minimum Gasteiger partial charge on any atom is -0.449 e. The molecular formula is C26H31NO4S4. The van der Waals surface area contributed by atoms with Crippen molar-refractivity contribution in [1.82, 2.24) is 5.32 Å². The number of fused-ring (bicyclic) bond motifs is 3. The van der Waals surface area contributed by atoms with Gasteiger partial charge in [0.1, 0.15) is 12.1 Å². The van der Waals surface area contributed by atoms with Crippen molar-refractivity contribution in [2.45, 2.75) is 46.1 Å². The third kappa shape index (κ3) is 7.47. The molecule has 3 rings (SSSR count). The average Bonchev–Trinajstić information content (AvgIpc) is 3.12. The van der Waals surface area contributed by atoms with Crippen LogP contribution in [0.5, 0.6) is 0 Å². The lowest BCUT2D eigenvalue weighted by Gasteiger charge is -2.24. The zero-order chi connectivity index (χ0) is 25.6. The molecule has 0 fully saturated rings. The van der Waals surface area contributed by atoms with E-state index in [1.54, 1.807) is 13.8 Å². The molecule has 0 heterocycles. The monoisotopic (exact) mass is 549 g/mol. The first-order valence-electron chi connectivity index (χ1n) is 11.3. The summed E-state index contributed by atoms with van der Waals surface area (Å²) in [6.45, 7) is 9.27. The van der Waals surface area contributed by atoms with Gasteiger partial charge in [-0.2, -0.15) is 0 Å². The van der Waals surface area contributed by atoms with E-state index in [0.29, 0.717) is 5.75 Å². The Morgan fingerprint density at radius 1 is 0.857 bits per heavy atom. The standard InChI is InChI=1S/C26H31NO4S4/c1-25(2,3)22(28)32-14-15-33-35-34-23(29)26(4,5)27-24(30)31-16-21-19-12-8-6-10-17(19)18-11-7-9-13-20(18)21/h6-13,21H,14-16H2,1-5H3,(H,27,30). The fourth-order valence-corrected chi connectivity index (χ4v) is 8.55. The van der Waals surface area contributed by atoms with Gasteiger partial charge >= 0.3 is 6.09 Å². The molecule has 1 aliphatic rings. The van der Waals surface area contributed by atoms with Crippen LogP contribution in [0.3, 0.4) is 0 Å². The summed E-state index contributed by atoms with van der Waals surface area (Å²) in [6.07, 6.45) is -0.611. The number of hydrogen-bond donors (Lipinski definition) is 1. The topological polar surface area (TPSA) is 72.5 Å². The van der Waals surface area contributed by atoms with Gasteiger partial charge in [0.15, 0.2) is 5.12 Å². The Hall–Kier alpha value is -1.55. The van der Waals surface area contributed by atoms with E-state index < -0.39 is 11.6 Å². The predicted molar refractivity (Wildman–Crippen MR) is 152 cm³/mol. The number of alkyl carbamates (subject to hydrolysis) is 1. The summed E-state index contributed by atoms with van der Waals surface area (Å²) >= 11 is 1.32. The van der Waals surface area contributed by atoms with Crippen LogP contribution in [0, 0.1) is 5.41 Å². The minimum atomic E-state index is -1.07. The van der Waals surface area contributed by atoms with Gasteiger partial charge in [-0.15, -0.1) is 0 Å². The lowest BCUT2D eigenvalue weighted by molar-refractivity contribution is -0.117. The van der Waals surface area contributed by atoms with Gasteiger partial charge in [0, 0.05) is 22.8 Å². The van der Waals surface area contributed by atoms with Crippen molar-refractivity contribution in [2.75, 3.05) is 18.1 Å². The second-order valence-electron chi connectivity index (χ2n) is 9.72. The molecule has 0 aliphatic heterocycles. The average molecular weight is 550 g/mol. The fourth-order valence-electron chi connectivity index (χ4n) is 3.52. The maximum absolute atomic E-state index is 12.7. The Bertz CT molecular complexity index is 1040. The Morgan fingerprint density at radius 2 is 1.43 bits per heavy atom. The van der Waals surface area contributed by atoms with Crippen LogP contribution in [-0.2, 0) is 14.3 Å². The van der Waals surface area contributed by atoms with Gasteiger partial charge in [0.25, 0.3) is 0 Å². The van der Waals surface area contributed by atoms with E-state index >= 15 is 0 Å². The maximum Gasteiger partial charge on any atom is 0.407 e. The van der Waals surface area contributed by atoms with E-state index in [-0.39, 0.29) is 28.2 Å². The number of carbonyl (C=O) groups excluding carboxylic acids is 3. The normalized spacial score (nSPS) is 13.2. The summed E-state index contributed by atoms with van der Waals surface area (Å²) in [5.74, 6) is 1.41. The first kappa shape index (κ1) is 28.0. The van der Waals surface area contributed by atoms with Gasteiger partial charge in [-0.1, -0.05) is 91.9 Å². The quantitative estimate of drug-likeness (QED) is 0.261. The largest absolute Gasteiger partial charge is 0.449 e. The van der Waals surface area contributed by atoms with Crippen LogP contribution in [0.25, 0.3) is 11.1 Å². The van der Waals surface area contributed by atoms with Gasteiger partial charge in [-0.3, -0.25) is 9.59 Å². The van der Waals surface area contributed by atoms with Crippen molar-refractivity contribution in [3.05, 3.63) is 59.7 Å². The Kier molecular flexibility index (Phi) is 9.71. The first-order chi connectivity index (χ1) is 16.5. The first-order valence-corrected chi connectivity index (χ1v) is 16.0. The summed E-state index contributed by atoms with van der Waals surface area (Å²) in [5.41, 5.74) is 3.20. The molecule has 9 heteroatoms. The highest BCUT2D eigenvalue weighted by molar-refractivity contribution is 9.12. The van der Waals surface area contributed by atoms with E-state index in [1.165, 1.54) is 43.5 Å². The van der Waals surface area contributed by atoms with Crippen molar-refractivity contribution in [3.63, 3.8) is 0 Å². The molecule has 35 heavy (non-hydrogen) atoms. The Labute approximate surface area is 223 Å². The van der Waals surface area contributed by atoms with E-state index in [2.05, 4.69) is 29.6 Å². The van der Waals surface area contributed by atoms with Gasteiger partial charge in [-0.25, -0.2) is 4.79 Å². The van der Waals surface area contributed by atoms with Crippen molar-refractivity contribution < 1.29 is 19.1 Å². The highest BCUT2D eigenvalue weighted by Crippen LogP contribution is 2.44. The van der Waals surface area contributed by atoms with E-state index in [0.717, 1.165) is 27.7 Å². The van der Waals surface area contributed by atoms with Crippen LogP contribution >= 0.6 is 43.2 Å². The van der Waals surface area contributed by atoms with Crippen LogP contribution in [0.4, 0.5) is 4.79 Å². The molecule has 0 spiro atoms. The van der Waals surface area contributed by atoms with Crippen molar-refractivity contribution in [2.24, 2.45) is 5.41 Å². The second-order valence-corrected chi connectivity index (χ2v) is 14.9. The number of hydrogen-bond acceptors (Lipinski definition) is 8. The molecule has 1 aliphatic carbocycles. The number of ether oxygens (including phenoxy) is 1. The van der Waals surface area contributed by atoms with Crippen molar-refractivity contribution in [1.29, 1.82) is 0 Å². The van der Waals surface area contributed by atoms with Crippen LogP contribution in [0.2, 0.25) is 0 Å². The molecule has 0 radical (unpaired) electrons. The highest BCUT2D eigenvalue weighted by Gasteiger charge is 2.33. The molecule has 2 aromatic rings. The number of nitrogens with one attached hydrogen (secondary N) is 1. The summed E-state index contributed by atoms with van der Waals surface area (Å²) in [4.78, 5) is 37.2. The zero-order valence-electron chi connectivity index (χ0n) is 20.6. The van der Waals surface area contributed by atoms with E-state index in [4.69, 9.17) is 4.74 Å². The van der Waals surface area contributed by atoms with Crippen LogP contribution in [0.1, 0.15) is 51.7 Å².